The van der Waals surface area contributed by atoms with Gasteiger partial charge in [-0.05, 0) is 48.4 Å². The summed E-state index contributed by atoms with van der Waals surface area (Å²) in [6.07, 6.45) is 3.21. The van der Waals surface area contributed by atoms with Gasteiger partial charge in [0.2, 0.25) is 5.75 Å². The third-order valence-electron chi connectivity index (χ3n) is 4.29. The van der Waals surface area contributed by atoms with Gasteiger partial charge >= 0.3 is 0 Å². The van der Waals surface area contributed by atoms with Crippen molar-refractivity contribution in [2.75, 3.05) is 55.6 Å². The van der Waals surface area contributed by atoms with Crippen LogP contribution in [-0.2, 0) is 18.9 Å². The number of benzene rings is 2. The van der Waals surface area contributed by atoms with Crippen LogP contribution in [0.5, 0.6) is 23.0 Å². The first-order valence-corrected chi connectivity index (χ1v) is 10.0. The van der Waals surface area contributed by atoms with Crippen LogP contribution in [0.4, 0.5) is 0 Å². The number of carbonyl (C=O) groups is 1. The first-order chi connectivity index (χ1) is 16.0. The maximum Gasteiger partial charge on any atom is 0.206 e. The topological polar surface area (TPSA) is 90.9 Å². The van der Waals surface area contributed by atoms with Crippen molar-refractivity contribution in [3.05, 3.63) is 53.1 Å². The van der Waals surface area contributed by atoms with E-state index >= 15 is 0 Å². The largest absolute Gasteiger partial charge is 0.468 e. The first kappa shape index (κ1) is 26.1. The highest BCUT2D eigenvalue weighted by atomic mass is 16.7. The third-order valence-corrected chi connectivity index (χ3v) is 4.29. The number of ether oxygens (including phenoxy) is 8. The SMILES string of the molecule is COCOc1ccc(/C=C/C(=O)c2cc(OCOC)c(OCOC)c(OCOC)c2)c(C)c1. The van der Waals surface area contributed by atoms with Gasteiger partial charge in [-0.15, -0.1) is 0 Å². The molecule has 0 amide bonds. The maximum atomic E-state index is 12.9. The van der Waals surface area contributed by atoms with Crippen molar-refractivity contribution in [3.63, 3.8) is 0 Å². The Balaban J connectivity index is 2.32. The Morgan fingerprint density at radius 1 is 0.758 bits per heavy atom. The van der Waals surface area contributed by atoms with Crippen LogP contribution in [-0.4, -0.2) is 61.4 Å². The molecule has 0 bridgehead atoms. The zero-order valence-corrected chi connectivity index (χ0v) is 19.5. The van der Waals surface area contributed by atoms with Gasteiger partial charge in [0.15, 0.2) is 44.5 Å². The molecule has 0 saturated heterocycles. The summed E-state index contributed by atoms with van der Waals surface area (Å²) in [6, 6.07) is 8.67. The molecule has 0 atom stereocenters. The minimum absolute atomic E-state index is 0.0384. The number of methoxy groups -OCH3 is 4. The molecule has 2 aromatic carbocycles. The molecule has 9 heteroatoms. The molecular weight excluding hydrogens is 432 g/mol. The molecule has 0 radical (unpaired) electrons. The Hall–Kier alpha value is -3.11. The van der Waals surface area contributed by atoms with Crippen LogP contribution in [0.3, 0.4) is 0 Å². The van der Waals surface area contributed by atoms with E-state index in [2.05, 4.69) is 0 Å². The van der Waals surface area contributed by atoms with Gasteiger partial charge in [-0.3, -0.25) is 4.79 Å². The van der Waals surface area contributed by atoms with E-state index in [0.717, 1.165) is 11.1 Å². The van der Waals surface area contributed by atoms with Crippen molar-refractivity contribution in [2.45, 2.75) is 6.92 Å². The van der Waals surface area contributed by atoms with Gasteiger partial charge in [-0.1, -0.05) is 12.1 Å². The molecule has 0 aliphatic heterocycles. The van der Waals surface area contributed by atoms with E-state index in [1.54, 1.807) is 25.3 Å². The highest BCUT2D eigenvalue weighted by Crippen LogP contribution is 2.39. The number of hydrogen-bond donors (Lipinski definition) is 0. The van der Waals surface area contributed by atoms with Crippen molar-refractivity contribution in [2.24, 2.45) is 0 Å². The van der Waals surface area contributed by atoms with Crippen LogP contribution in [0.15, 0.2) is 36.4 Å². The second kappa shape index (κ2) is 14.1. The number of hydrogen-bond acceptors (Lipinski definition) is 9. The Bertz CT molecular complexity index is 895. The van der Waals surface area contributed by atoms with Crippen LogP contribution in [0.1, 0.15) is 21.5 Å². The second-order valence-corrected chi connectivity index (χ2v) is 6.72. The van der Waals surface area contributed by atoms with E-state index in [1.165, 1.54) is 27.4 Å². The molecule has 33 heavy (non-hydrogen) atoms. The molecule has 0 spiro atoms. The fraction of sp³-hybridized carbons (Fsp3) is 0.375. The Morgan fingerprint density at radius 2 is 1.30 bits per heavy atom. The number of carbonyl (C=O) groups excluding carboxylic acids is 1. The van der Waals surface area contributed by atoms with Gasteiger partial charge in [0.25, 0.3) is 0 Å². The lowest BCUT2D eigenvalue weighted by Crippen LogP contribution is -2.09. The molecule has 2 rings (SSSR count). The van der Waals surface area contributed by atoms with E-state index in [4.69, 9.17) is 37.9 Å². The summed E-state index contributed by atoms with van der Waals surface area (Å²) >= 11 is 0. The predicted molar refractivity (Wildman–Crippen MR) is 121 cm³/mol. The van der Waals surface area contributed by atoms with Crippen molar-refractivity contribution >= 4 is 11.9 Å². The highest BCUT2D eigenvalue weighted by Gasteiger charge is 2.18. The molecule has 0 aliphatic rings. The second-order valence-electron chi connectivity index (χ2n) is 6.72. The lowest BCUT2D eigenvalue weighted by molar-refractivity contribution is 0.0217. The van der Waals surface area contributed by atoms with Gasteiger partial charge in [0.05, 0.1) is 0 Å². The number of aryl methyl sites for hydroxylation is 1. The predicted octanol–water partition coefficient (Wildman–Crippen LogP) is 3.82. The minimum Gasteiger partial charge on any atom is -0.468 e. The zero-order valence-electron chi connectivity index (χ0n) is 19.5. The Morgan fingerprint density at radius 3 is 1.85 bits per heavy atom. The van der Waals surface area contributed by atoms with Gasteiger partial charge in [0, 0.05) is 34.0 Å². The Labute approximate surface area is 193 Å². The van der Waals surface area contributed by atoms with E-state index in [0.29, 0.717) is 11.3 Å². The number of allylic oxidation sites excluding steroid dienone is 1. The molecule has 0 fully saturated rings. The summed E-state index contributed by atoms with van der Waals surface area (Å²) in [5, 5.41) is 0. The van der Waals surface area contributed by atoms with Crippen molar-refractivity contribution < 1.29 is 42.7 Å². The zero-order chi connectivity index (χ0) is 24.1. The van der Waals surface area contributed by atoms with Crippen LogP contribution < -0.4 is 18.9 Å². The molecule has 0 N–H and O–H groups in total. The lowest BCUT2D eigenvalue weighted by atomic mass is 10.0. The van der Waals surface area contributed by atoms with Crippen LogP contribution in [0.25, 0.3) is 6.08 Å². The third kappa shape index (κ3) is 8.07. The number of ketones is 1. The molecule has 0 heterocycles. The van der Waals surface area contributed by atoms with E-state index < -0.39 is 0 Å². The molecule has 0 aliphatic carbocycles. The average Bonchev–Trinajstić information content (AvgIpc) is 2.82. The van der Waals surface area contributed by atoms with Crippen LogP contribution in [0, 0.1) is 6.92 Å². The normalized spacial score (nSPS) is 10.9. The van der Waals surface area contributed by atoms with E-state index in [-0.39, 0.29) is 50.2 Å². The van der Waals surface area contributed by atoms with Gasteiger partial charge in [-0.25, -0.2) is 0 Å². The molecular formula is C24H30O9. The molecule has 0 aromatic heterocycles. The van der Waals surface area contributed by atoms with E-state index in [9.17, 15) is 4.79 Å². The van der Waals surface area contributed by atoms with Crippen molar-refractivity contribution in [1.29, 1.82) is 0 Å². The highest BCUT2D eigenvalue weighted by molar-refractivity contribution is 6.07. The first-order valence-electron chi connectivity index (χ1n) is 10.0. The standard InChI is InChI=1S/C24H30O9/c1-17-10-20(30-13-26-2)8-6-18(17)7-9-21(25)19-11-22(31-14-27-3)24(33-16-29-5)23(12-19)32-15-28-4/h6-12H,13-16H2,1-5H3/b9-7+. The smallest absolute Gasteiger partial charge is 0.206 e. The summed E-state index contributed by atoms with van der Waals surface area (Å²) in [5.74, 6) is 1.25. The van der Waals surface area contributed by atoms with Gasteiger partial charge in [-0.2, -0.15) is 0 Å². The molecule has 180 valence electrons. The van der Waals surface area contributed by atoms with E-state index in [1.807, 2.05) is 25.1 Å². The summed E-state index contributed by atoms with van der Waals surface area (Å²) in [7, 11) is 6.03. The van der Waals surface area contributed by atoms with Gasteiger partial charge in [0.1, 0.15) is 5.75 Å². The molecule has 0 unspecified atom stereocenters. The minimum atomic E-state index is -0.253. The maximum absolute atomic E-state index is 12.9. The average molecular weight is 462 g/mol. The Kier molecular flexibility index (Phi) is 11.2. The fourth-order valence-corrected chi connectivity index (χ4v) is 2.75. The summed E-state index contributed by atoms with van der Waals surface area (Å²) in [6.45, 7) is 1.97. The lowest BCUT2D eigenvalue weighted by Gasteiger charge is -2.17. The molecule has 2 aromatic rings. The fourth-order valence-electron chi connectivity index (χ4n) is 2.75. The summed E-state index contributed by atoms with van der Waals surface area (Å²) in [4.78, 5) is 12.9. The summed E-state index contributed by atoms with van der Waals surface area (Å²) < 4.78 is 42.1. The monoisotopic (exact) mass is 462 g/mol. The number of rotatable bonds is 15. The van der Waals surface area contributed by atoms with Crippen molar-refractivity contribution in [3.8, 4) is 23.0 Å². The molecule has 0 saturated carbocycles. The van der Waals surface area contributed by atoms with Crippen LogP contribution >= 0.6 is 0 Å². The summed E-state index contributed by atoms with van der Waals surface area (Å²) in [5.41, 5.74) is 2.16. The van der Waals surface area contributed by atoms with Gasteiger partial charge < -0.3 is 37.9 Å². The van der Waals surface area contributed by atoms with Crippen LogP contribution in [0.2, 0.25) is 0 Å². The molecule has 9 nitrogen and oxygen atoms in total. The van der Waals surface area contributed by atoms with Crippen molar-refractivity contribution in [1.82, 2.24) is 0 Å². The quantitative estimate of drug-likeness (QED) is 0.222.